The van der Waals surface area contributed by atoms with Crippen LogP contribution in [0.2, 0.25) is 0 Å². The molecule has 1 aliphatic rings. The molecule has 0 aliphatic carbocycles. The molecule has 0 bridgehead atoms. The Kier molecular flexibility index (Phi) is 5.93. The summed E-state index contributed by atoms with van der Waals surface area (Å²) < 4.78 is 0. The minimum Gasteiger partial charge on any atom is -0.342 e. The van der Waals surface area contributed by atoms with E-state index in [0.29, 0.717) is 5.92 Å². The van der Waals surface area contributed by atoms with E-state index in [4.69, 9.17) is 11.6 Å². The van der Waals surface area contributed by atoms with Gasteiger partial charge < -0.3 is 9.80 Å². The Morgan fingerprint density at radius 1 is 1.33 bits per heavy atom. The summed E-state index contributed by atoms with van der Waals surface area (Å²) in [6.45, 7) is 8.02. The number of halogens is 1. The second kappa shape index (κ2) is 6.98. The number of likely N-dealkylation sites (tertiary alicyclic amines) is 1. The van der Waals surface area contributed by atoms with Gasteiger partial charge in [0, 0.05) is 32.6 Å². The SMILES string of the molecule is CC(=O)N(CC1CCN(C(=O)CCl)CC1)C(C)C. The van der Waals surface area contributed by atoms with Crippen molar-refractivity contribution in [2.75, 3.05) is 25.5 Å². The highest BCUT2D eigenvalue weighted by atomic mass is 35.5. The van der Waals surface area contributed by atoms with Gasteiger partial charge in [-0.3, -0.25) is 9.59 Å². The van der Waals surface area contributed by atoms with Crippen LogP contribution in [0.15, 0.2) is 0 Å². The number of hydrogen-bond donors (Lipinski definition) is 0. The summed E-state index contributed by atoms with van der Waals surface area (Å²) >= 11 is 5.55. The van der Waals surface area contributed by atoms with Gasteiger partial charge in [-0.25, -0.2) is 0 Å². The van der Waals surface area contributed by atoms with Crippen LogP contribution in [0.5, 0.6) is 0 Å². The molecule has 1 saturated heterocycles. The van der Waals surface area contributed by atoms with Gasteiger partial charge in [0.25, 0.3) is 0 Å². The molecular formula is C13H23ClN2O2. The highest BCUT2D eigenvalue weighted by Gasteiger charge is 2.25. The molecule has 0 atom stereocenters. The Bertz CT molecular complexity index is 299. The van der Waals surface area contributed by atoms with Crippen LogP contribution in [-0.2, 0) is 9.59 Å². The monoisotopic (exact) mass is 274 g/mol. The van der Waals surface area contributed by atoms with Crippen molar-refractivity contribution in [2.45, 2.75) is 39.7 Å². The normalized spacial score (nSPS) is 17.1. The third kappa shape index (κ3) is 4.16. The predicted molar refractivity (Wildman–Crippen MR) is 72.5 cm³/mol. The predicted octanol–water partition coefficient (Wildman–Crippen LogP) is 1.72. The summed E-state index contributed by atoms with van der Waals surface area (Å²) in [6.07, 6.45) is 1.91. The topological polar surface area (TPSA) is 40.6 Å². The molecule has 104 valence electrons. The maximum Gasteiger partial charge on any atom is 0.237 e. The third-order valence-electron chi connectivity index (χ3n) is 3.56. The van der Waals surface area contributed by atoms with Gasteiger partial charge in [0.05, 0.1) is 0 Å². The van der Waals surface area contributed by atoms with Crippen LogP contribution in [-0.4, -0.2) is 53.2 Å². The Morgan fingerprint density at radius 2 is 1.89 bits per heavy atom. The lowest BCUT2D eigenvalue weighted by Crippen LogP contribution is -2.44. The second-order valence-corrected chi connectivity index (χ2v) is 5.49. The minimum absolute atomic E-state index is 0.0161. The van der Waals surface area contributed by atoms with Gasteiger partial charge in [-0.05, 0) is 32.6 Å². The molecule has 0 N–H and O–H groups in total. The van der Waals surface area contributed by atoms with Crippen molar-refractivity contribution in [3.8, 4) is 0 Å². The Balaban J connectivity index is 2.43. The minimum atomic E-state index is 0.0161. The van der Waals surface area contributed by atoms with E-state index in [9.17, 15) is 9.59 Å². The highest BCUT2D eigenvalue weighted by Crippen LogP contribution is 2.19. The molecule has 0 aromatic heterocycles. The molecule has 0 saturated carbocycles. The van der Waals surface area contributed by atoms with Crippen molar-refractivity contribution >= 4 is 23.4 Å². The van der Waals surface area contributed by atoms with Crippen molar-refractivity contribution in [3.63, 3.8) is 0 Å². The fourth-order valence-electron chi connectivity index (χ4n) is 2.43. The van der Waals surface area contributed by atoms with Crippen LogP contribution in [0, 0.1) is 5.92 Å². The van der Waals surface area contributed by atoms with Crippen molar-refractivity contribution in [1.82, 2.24) is 9.80 Å². The van der Waals surface area contributed by atoms with Gasteiger partial charge in [-0.2, -0.15) is 0 Å². The summed E-state index contributed by atoms with van der Waals surface area (Å²) in [4.78, 5) is 26.7. The van der Waals surface area contributed by atoms with E-state index in [1.165, 1.54) is 0 Å². The van der Waals surface area contributed by atoms with Crippen LogP contribution in [0.3, 0.4) is 0 Å². The quantitative estimate of drug-likeness (QED) is 0.733. The van der Waals surface area contributed by atoms with E-state index in [1.807, 2.05) is 23.6 Å². The lowest BCUT2D eigenvalue weighted by atomic mass is 9.95. The summed E-state index contributed by atoms with van der Waals surface area (Å²) in [5.41, 5.74) is 0. The first-order valence-electron chi connectivity index (χ1n) is 6.56. The van der Waals surface area contributed by atoms with Gasteiger partial charge >= 0.3 is 0 Å². The summed E-state index contributed by atoms with van der Waals surface area (Å²) in [5.74, 6) is 0.707. The molecule has 1 rings (SSSR count). The van der Waals surface area contributed by atoms with Gasteiger partial charge in [0.2, 0.25) is 11.8 Å². The standard InChI is InChI=1S/C13H23ClN2O2/c1-10(2)16(11(3)17)9-12-4-6-15(7-5-12)13(18)8-14/h10,12H,4-9H2,1-3H3. The van der Waals surface area contributed by atoms with Crippen LogP contribution < -0.4 is 0 Å². The third-order valence-corrected chi connectivity index (χ3v) is 3.79. The Hall–Kier alpha value is -0.770. The van der Waals surface area contributed by atoms with Gasteiger partial charge in [0.1, 0.15) is 5.88 Å². The molecule has 0 spiro atoms. The van der Waals surface area contributed by atoms with E-state index >= 15 is 0 Å². The largest absolute Gasteiger partial charge is 0.342 e. The van der Waals surface area contributed by atoms with Gasteiger partial charge in [-0.1, -0.05) is 0 Å². The van der Waals surface area contributed by atoms with E-state index in [1.54, 1.807) is 6.92 Å². The Morgan fingerprint density at radius 3 is 2.28 bits per heavy atom. The lowest BCUT2D eigenvalue weighted by Gasteiger charge is -2.35. The molecule has 2 amide bonds. The fraction of sp³-hybridized carbons (Fsp3) is 0.846. The Labute approximate surface area is 114 Å². The number of alkyl halides is 1. The molecule has 1 aliphatic heterocycles. The second-order valence-electron chi connectivity index (χ2n) is 5.22. The van der Waals surface area contributed by atoms with Crippen LogP contribution in [0.4, 0.5) is 0 Å². The highest BCUT2D eigenvalue weighted by molar-refractivity contribution is 6.27. The van der Waals surface area contributed by atoms with E-state index in [2.05, 4.69) is 0 Å². The summed E-state index contributed by atoms with van der Waals surface area (Å²) in [5, 5.41) is 0. The van der Waals surface area contributed by atoms with Gasteiger partial charge in [0.15, 0.2) is 0 Å². The van der Waals surface area contributed by atoms with Crippen LogP contribution in [0.25, 0.3) is 0 Å². The van der Waals surface area contributed by atoms with E-state index in [-0.39, 0.29) is 23.7 Å². The zero-order valence-corrected chi connectivity index (χ0v) is 12.2. The molecule has 0 unspecified atom stereocenters. The van der Waals surface area contributed by atoms with Crippen molar-refractivity contribution in [3.05, 3.63) is 0 Å². The summed E-state index contributed by atoms with van der Waals surface area (Å²) in [7, 11) is 0. The number of hydrogen-bond acceptors (Lipinski definition) is 2. The maximum atomic E-state index is 11.5. The number of amides is 2. The molecule has 0 radical (unpaired) electrons. The van der Waals surface area contributed by atoms with Crippen LogP contribution in [0.1, 0.15) is 33.6 Å². The van der Waals surface area contributed by atoms with Crippen molar-refractivity contribution < 1.29 is 9.59 Å². The first-order valence-corrected chi connectivity index (χ1v) is 7.10. The van der Waals surface area contributed by atoms with E-state index in [0.717, 1.165) is 32.5 Å². The fourth-order valence-corrected chi connectivity index (χ4v) is 2.60. The first kappa shape index (κ1) is 15.3. The molecule has 1 heterocycles. The number of carbonyl (C=O) groups is 2. The molecule has 0 aromatic carbocycles. The average Bonchev–Trinajstić information content (AvgIpc) is 2.35. The lowest BCUT2D eigenvalue weighted by molar-refractivity contribution is -0.133. The maximum absolute atomic E-state index is 11.5. The van der Waals surface area contributed by atoms with Crippen LogP contribution >= 0.6 is 11.6 Å². The molecular weight excluding hydrogens is 252 g/mol. The van der Waals surface area contributed by atoms with Gasteiger partial charge in [-0.15, -0.1) is 11.6 Å². The van der Waals surface area contributed by atoms with Crippen molar-refractivity contribution in [2.24, 2.45) is 5.92 Å². The zero-order valence-electron chi connectivity index (χ0n) is 11.5. The molecule has 1 fully saturated rings. The molecule has 0 aromatic rings. The number of carbonyl (C=O) groups excluding carboxylic acids is 2. The van der Waals surface area contributed by atoms with E-state index < -0.39 is 0 Å². The molecule has 5 heteroatoms. The number of nitrogens with zero attached hydrogens (tertiary/aromatic N) is 2. The molecule has 4 nitrogen and oxygen atoms in total. The van der Waals surface area contributed by atoms with Crippen molar-refractivity contribution in [1.29, 1.82) is 0 Å². The first-order chi connectivity index (χ1) is 8.45. The average molecular weight is 275 g/mol. The number of rotatable bonds is 4. The zero-order chi connectivity index (χ0) is 13.7. The smallest absolute Gasteiger partial charge is 0.237 e. The summed E-state index contributed by atoms with van der Waals surface area (Å²) in [6, 6.07) is 0.241. The molecule has 18 heavy (non-hydrogen) atoms. The number of piperidine rings is 1.